The molecule has 0 aliphatic heterocycles. The van der Waals surface area contributed by atoms with Gasteiger partial charge in [0.05, 0.1) is 6.61 Å². The number of rotatable bonds is 7. The summed E-state index contributed by atoms with van der Waals surface area (Å²) >= 11 is 0. The van der Waals surface area contributed by atoms with Crippen molar-refractivity contribution in [3.63, 3.8) is 0 Å². The first-order chi connectivity index (χ1) is 8.31. The fourth-order valence-electron chi connectivity index (χ4n) is 1.57. The Hall–Kier alpha value is -1.51. The van der Waals surface area contributed by atoms with Crippen molar-refractivity contribution in [1.29, 1.82) is 0 Å². The molecule has 0 heterocycles. The topological polar surface area (TPSA) is 35.5 Å². The molecule has 0 saturated heterocycles. The minimum absolute atomic E-state index is 0.164. The highest BCUT2D eigenvalue weighted by Gasteiger charge is 2.29. The first-order valence-corrected chi connectivity index (χ1v) is 6.18. The van der Waals surface area contributed by atoms with Crippen LogP contribution in [-0.2, 0) is 4.79 Å². The monoisotopic (exact) mass is 234 g/mol. The van der Waals surface area contributed by atoms with Crippen molar-refractivity contribution < 1.29 is 14.3 Å². The Morgan fingerprint density at radius 2 is 1.88 bits per heavy atom. The highest BCUT2D eigenvalue weighted by molar-refractivity contribution is 5.84. The van der Waals surface area contributed by atoms with Crippen LogP contribution in [0.4, 0.5) is 0 Å². The van der Waals surface area contributed by atoms with Gasteiger partial charge in [-0.05, 0) is 31.4 Å². The minimum Gasteiger partial charge on any atom is -0.490 e. The van der Waals surface area contributed by atoms with Crippen LogP contribution in [0.3, 0.4) is 0 Å². The molecule has 0 amide bonds. The number of Topliss-reactive ketones (excluding diaryl/α,β-unsaturated/α-hetero) is 1. The summed E-state index contributed by atoms with van der Waals surface area (Å²) in [6.07, 6.45) is 3.00. The van der Waals surface area contributed by atoms with Crippen molar-refractivity contribution in [2.24, 2.45) is 5.92 Å². The summed E-state index contributed by atoms with van der Waals surface area (Å²) in [6, 6.07) is 7.49. The van der Waals surface area contributed by atoms with Crippen molar-refractivity contribution in [2.45, 2.75) is 26.2 Å². The second-order valence-electron chi connectivity index (χ2n) is 4.32. The van der Waals surface area contributed by atoms with Crippen molar-refractivity contribution in [3.05, 3.63) is 24.3 Å². The third-order valence-corrected chi connectivity index (χ3v) is 2.71. The van der Waals surface area contributed by atoms with Crippen LogP contribution in [-0.4, -0.2) is 19.0 Å². The first kappa shape index (κ1) is 12.0. The van der Waals surface area contributed by atoms with Crippen LogP contribution in [0.2, 0.25) is 0 Å². The maximum absolute atomic E-state index is 11.5. The van der Waals surface area contributed by atoms with Crippen molar-refractivity contribution >= 4 is 5.78 Å². The number of ketones is 1. The number of hydrogen-bond acceptors (Lipinski definition) is 3. The molecule has 0 bridgehead atoms. The molecule has 0 spiro atoms. The zero-order valence-corrected chi connectivity index (χ0v) is 10.1. The van der Waals surface area contributed by atoms with Crippen LogP contribution in [0.25, 0.3) is 0 Å². The van der Waals surface area contributed by atoms with Gasteiger partial charge in [0.25, 0.3) is 0 Å². The summed E-state index contributed by atoms with van der Waals surface area (Å²) in [5.41, 5.74) is 0. The lowest BCUT2D eigenvalue weighted by Gasteiger charge is -2.11. The zero-order chi connectivity index (χ0) is 12.1. The molecule has 3 heteroatoms. The van der Waals surface area contributed by atoms with Gasteiger partial charge in [-0.15, -0.1) is 0 Å². The molecule has 2 rings (SSSR count). The van der Waals surface area contributed by atoms with E-state index in [1.165, 1.54) is 0 Å². The van der Waals surface area contributed by atoms with Gasteiger partial charge in [-0.3, -0.25) is 4.79 Å². The van der Waals surface area contributed by atoms with Crippen LogP contribution < -0.4 is 9.47 Å². The second-order valence-corrected chi connectivity index (χ2v) is 4.32. The van der Waals surface area contributed by atoms with E-state index < -0.39 is 0 Å². The highest BCUT2D eigenvalue weighted by Crippen LogP contribution is 2.31. The van der Waals surface area contributed by atoms with Gasteiger partial charge >= 0.3 is 0 Å². The van der Waals surface area contributed by atoms with E-state index in [2.05, 4.69) is 6.92 Å². The van der Waals surface area contributed by atoms with Crippen molar-refractivity contribution in [2.75, 3.05) is 13.2 Å². The standard InChI is InChI=1S/C14H18O3/c1-2-9-16-13-5-3-4-6-14(13)17-10-12(15)11-7-8-11/h3-6,11H,2,7-10H2,1H3. The van der Waals surface area contributed by atoms with E-state index >= 15 is 0 Å². The quantitative estimate of drug-likeness (QED) is 0.727. The fourth-order valence-corrected chi connectivity index (χ4v) is 1.57. The molecule has 0 aromatic heterocycles. The van der Waals surface area contributed by atoms with Crippen LogP contribution in [0, 0.1) is 5.92 Å². The molecule has 0 radical (unpaired) electrons. The van der Waals surface area contributed by atoms with E-state index in [1.54, 1.807) is 0 Å². The van der Waals surface area contributed by atoms with E-state index in [-0.39, 0.29) is 18.3 Å². The van der Waals surface area contributed by atoms with Crippen LogP contribution in [0.15, 0.2) is 24.3 Å². The van der Waals surface area contributed by atoms with E-state index in [4.69, 9.17) is 9.47 Å². The van der Waals surface area contributed by atoms with Gasteiger partial charge in [-0.2, -0.15) is 0 Å². The smallest absolute Gasteiger partial charge is 0.173 e. The molecule has 1 aromatic rings. The number of ether oxygens (including phenoxy) is 2. The third kappa shape index (κ3) is 3.48. The van der Waals surface area contributed by atoms with Crippen LogP contribution in [0.5, 0.6) is 11.5 Å². The van der Waals surface area contributed by atoms with E-state index in [9.17, 15) is 4.79 Å². The Bertz CT molecular complexity index is 383. The lowest BCUT2D eigenvalue weighted by atomic mass is 10.3. The molecular formula is C14H18O3. The van der Waals surface area contributed by atoms with Gasteiger partial charge in [0.1, 0.15) is 6.61 Å². The maximum Gasteiger partial charge on any atom is 0.173 e. The van der Waals surface area contributed by atoms with Gasteiger partial charge in [-0.1, -0.05) is 19.1 Å². The Labute approximate surface area is 102 Å². The van der Waals surface area contributed by atoms with E-state index in [0.29, 0.717) is 12.4 Å². The summed E-state index contributed by atoms with van der Waals surface area (Å²) in [6.45, 7) is 2.88. The molecule has 1 saturated carbocycles. The number of carbonyl (C=O) groups is 1. The van der Waals surface area contributed by atoms with Gasteiger partial charge < -0.3 is 9.47 Å². The van der Waals surface area contributed by atoms with E-state index in [0.717, 1.165) is 25.0 Å². The predicted octanol–water partition coefficient (Wildman–Crippen LogP) is 2.83. The molecular weight excluding hydrogens is 216 g/mol. The van der Waals surface area contributed by atoms with Gasteiger partial charge in [0.2, 0.25) is 0 Å². The molecule has 1 aliphatic carbocycles. The summed E-state index contributed by atoms with van der Waals surface area (Å²) in [7, 11) is 0. The Kier molecular flexibility index (Phi) is 4.02. The third-order valence-electron chi connectivity index (χ3n) is 2.71. The Morgan fingerprint density at radius 3 is 2.47 bits per heavy atom. The zero-order valence-electron chi connectivity index (χ0n) is 10.1. The Balaban J connectivity index is 1.91. The number of hydrogen-bond donors (Lipinski definition) is 0. The van der Waals surface area contributed by atoms with Crippen LogP contribution in [0.1, 0.15) is 26.2 Å². The lowest BCUT2D eigenvalue weighted by Crippen LogP contribution is -2.13. The van der Waals surface area contributed by atoms with Gasteiger partial charge in [0, 0.05) is 5.92 Å². The average Bonchev–Trinajstić information content (AvgIpc) is 3.18. The Morgan fingerprint density at radius 1 is 1.24 bits per heavy atom. The molecule has 0 atom stereocenters. The number of carbonyl (C=O) groups excluding carboxylic acids is 1. The molecule has 1 aromatic carbocycles. The second kappa shape index (κ2) is 5.71. The van der Waals surface area contributed by atoms with E-state index in [1.807, 2.05) is 24.3 Å². The first-order valence-electron chi connectivity index (χ1n) is 6.18. The average molecular weight is 234 g/mol. The summed E-state index contributed by atoms with van der Waals surface area (Å²) < 4.78 is 11.1. The normalized spacial score (nSPS) is 14.4. The van der Waals surface area contributed by atoms with Gasteiger partial charge in [-0.25, -0.2) is 0 Å². The summed E-state index contributed by atoms with van der Waals surface area (Å²) in [5, 5.41) is 0. The maximum atomic E-state index is 11.5. The molecule has 0 N–H and O–H groups in total. The molecule has 1 aliphatic rings. The molecule has 92 valence electrons. The minimum atomic E-state index is 0.164. The van der Waals surface area contributed by atoms with Crippen molar-refractivity contribution in [1.82, 2.24) is 0 Å². The molecule has 17 heavy (non-hydrogen) atoms. The SMILES string of the molecule is CCCOc1ccccc1OCC(=O)C1CC1. The predicted molar refractivity (Wildman–Crippen MR) is 65.5 cm³/mol. The fraction of sp³-hybridized carbons (Fsp3) is 0.500. The lowest BCUT2D eigenvalue weighted by molar-refractivity contribution is -0.122. The molecule has 0 unspecified atom stereocenters. The number of benzene rings is 1. The largest absolute Gasteiger partial charge is 0.490 e. The summed E-state index contributed by atoms with van der Waals surface area (Å²) in [5.74, 6) is 1.84. The summed E-state index contributed by atoms with van der Waals surface area (Å²) in [4.78, 5) is 11.5. The number of para-hydroxylation sites is 2. The van der Waals surface area contributed by atoms with Crippen molar-refractivity contribution in [3.8, 4) is 11.5 Å². The van der Waals surface area contributed by atoms with Gasteiger partial charge in [0.15, 0.2) is 17.3 Å². The van der Waals surface area contributed by atoms with Crippen LogP contribution >= 0.6 is 0 Å². The molecule has 1 fully saturated rings. The highest BCUT2D eigenvalue weighted by atomic mass is 16.5. The molecule has 3 nitrogen and oxygen atoms in total.